The summed E-state index contributed by atoms with van der Waals surface area (Å²) < 4.78 is 7.02. The zero-order chi connectivity index (χ0) is 14.1. The second-order valence-electron chi connectivity index (χ2n) is 5.53. The van der Waals surface area contributed by atoms with Crippen molar-refractivity contribution in [3.05, 3.63) is 16.7 Å². The summed E-state index contributed by atoms with van der Waals surface area (Å²) in [5, 5.41) is 3.92. The first-order chi connectivity index (χ1) is 9.72. The number of hydrogen-bond acceptors (Lipinski definition) is 4. The number of carbonyl (C=O) groups is 1. The third-order valence-corrected chi connectivity index (χ3v) is 4.67. The summed E-state index contributed by atoms with van der Waals surface area (Å²) in [6, 6.07) is -0.256. The van der Waals surface area contributed by atoms with Crippen LogP contribution in [0.25, 0.3) is 0 Å². The number of imidazole rings is 1. The van der Waals surface area contributed by atoms with E-state index in [4.69, 9.17) is 16.3 Å². The molecule has 0 aromatic carbocycles. The van der Waals surface area contributed by atoms with Crippen molar-refractivity contribution in [3.8, 4) is 0 Å². The molecule has 1 atom stereocenters. The van der Waals surface area contributed by atoms with Crippen LogP contribution >= 0.6 is 11.6 Å². The van der Waals surface area contributed by atoms with Crippen molar-refractivity contribution in [2.24, 2.45) is 0 Å². The molecule has 0 radical (unpaired) electrons. The van der Waals surface area contributed by atoms with Crippen LogP contribution in [0.3, 0.4) is 0 Å². The molecule has 1 saturated heterocycles. The molecule has 0 amide bonds. The highest BCUT2D eigenvalue weighted by atomic mass is 35.5. The maximum atomic E-state index is 12.0. The zero-order valence-corrected chi connectivity index (χ0v) is 12.4. The lowest BCUT2D eigenvalue weighted by molar-refractivity contribution is -0.145. The Hall–Kier alpha value is -1.07. The van der Waals surface area contributed by atoms with Crippen LogP contribution in [0.15, 0.2) is 0 Å². The minimum atomic E-state index is -0.256. The normalized spacial score (nSPS) is 23.4. The Morgan fingerprint density at radius 2 is 2.15 bits per heavy atom. The van der Waals surface area contributed by atoms with Gasteiger partial charge in [-0.25, -0.2) is 9.78 Å². The number of carbonyl (C=O) groups excluding carboxylic acids is 1. The van der Waals surface area contributed by atoms with Gasteiger partial charge in [0.1, 0.15) is 11.9 Å². The Kier molecular flexibility index (Phi) is 3.98. The number of ether oxygens (including phenoxy) is 1. The van der Waals surface area contributed by atoms with Crippen LogP contribution in [-0.4, -0.2) is 35.7 Å². The lowest BCUT2D eigenvalue weighted by atomic mass is 9.95. The highest BCUT2D eigenvalue weighted by Crippen LogP contribution is 2.36. The third kappa shape index (κ3) is 2.33. The van der Waals surface area contributed by atoms with Gasteiger partial charge in [-0.05, 0) is 45.2 Å². The van der Waals surface area contributed by atoms with Gasteiger partial charge in [0.25, 0.3) is 0 Å². The van der Waals surface area contributed by atoms with Crippen molar-refractivity contribution in [1.82, 2.24) is 14.9 Å². The van der Waals surface area contributed by atoms with Crippen LogP contribution in [0, 0.1) is 0 Å². The van der Waals surface area contributed by atoms with E-state index in [1.807, 2.05) is 0 Å². The summed E-state index contributed by atoms with van der Waals surface area (Å²) in [6.45, 7) is 1.99. The molecule has 5 nitrogen and oxygen atoms in total. The molecule has 1 unspecified atom stereocenters. The maximum absolute atomic E-state index is 12.0. The maximum Gasteiger partial charge on any atom is 0.328 e. The second kappa shape index (κ2) is 5.74. The molecule has 2 aliphatic rings. The Morgan fingerprint density at radius 3 is 2.85 bits per heavy atom. The van der Waals surface area contributed by atoms with Crippen molar-refractivity contribution in [1.29, 1.82) is 0 Å². The number of nitrogens with zero attached hydrogens (tertiary/aromatic N) is 2. The number of halogens is 1. The van der Waals surface area contributed by atoms with Crippen molar-refractivity contribution >= 4 is 17.6 Å². The molecular formula is C14H20ClN3O2. The number of hydrogen-bond donors (Lipinski definition) is 1. The van der Waals surface area contributed by atoms with E-state index in [0.29, 0.717) is 11.1 Å². The Bertz CT molecular complexity index is 509. The third-order valence-electron chi connectivity index (χ3n) is 4.37. The summed E-state index contributed by atoms with van der Waals surface area (Å²) in [5.41, 5.74) is 1.00. The average molecular weight is 298 g/mol. The van der Waals surface area contributed by atoms with E-state index < -0.39 is 0 Å². The fraction of sp³-hybridized carbons (Fsp3) is 0.714. The molecule has 0 bridgehead atoms. The van der Waals surface area contributed by atoms with E-state index in [2.05, 4.69) is 14.9 Å². The van der Waals surface area contributed by atoms with Gasteiger partial charge in [0.05, 0.1) is 12.8 Å². The fourth-order valence-corrected chi connectivity index (χ4v) is 3.62. The van der Waals surface area contributed by atoms with E-state index in [1.54, 1.807) is 0 Å². The molecular weight excluding hydrogens is 278 g/mol. The van der Waals surface area contributed by atoms with E-state index >= 15 is 0 Å². The van der Waals surface area contributed by atoms with Gasteiger partial charge in [-0.3, -0.25) is 0 Å². The van der Waals surface area contributed by atoms with Crippen LogP contribution in [0.1, 0.15) is 49.2 Å². The molecule has 0 spiro atoms. The molecule has 20 heavy (non-hydrogen) atoms. The van der Waals surface area contributed by atoms with Crippen molar-refractivity contribution in [2.45, 2.75) is 44.1 Å². The lowest BCUT2D eigenvalue weighted by Crippen LogP contribution is -2.32. The summed E-state index contributed by atoms with van der Waals surface area (Å²) in [6.07, 6.45) is 4.74. The fourth-order valence-electron chi connectivity index (χ4n) is 3.35. The quantitative estimate of drug-likeness (QED) is 0.849. The van der Waals surface area contributed by atoms with Crippen molar-refractivity contribution in [3.63, 3.8) is 0 Å². The highest BCUT2D eigenvalue weighted by molar-refractivity contribution is 6.30. The van der Waals surface area contributed by atoms with Gasteiger partial charge in [-0.15, -0.1) is 0 Å². The van der Waals surface area contributed by atoms with Gasteiger partial charge >= 0.3 is 5.97 Å². The molecule has 1 fully saturated rings. The summed E-state index contributed by atoms with van der Waals surface area (Å²) >= 11 is 6.30. The lowest BCUT2D eigenvalue weighted by Gasteiger charge is -2.29. The SMILES string of the molecule is COC(=O)C1CCCc2c(Cl)nc(C3CCNCC3)n21. The van der Waals surface area contributed by atoms with Crippen LogP contribution in [0.2, 0.25) is 5.15 Å². The summed E-state index contributed by atoms with van der Waals surface area (Å²) in [5.74, 6) is 1.17. The number of piperidine rings is 1. The molecule has 1 aromatic rings. The average Bonchev–Trinajstić information content (AvgIpc) is 2.85. The standard InChI is InChI=1S/C14H20ClN3O2/c1-20-14(19)11-4-2-3-10-12(15)17-13(18(10)11)9-5-7-16-8-6-9/h9,11,16H,2-8H2,1H3. The van der Waals surface area contributed by atoms with Crippen LogP contribution in [0.4, 0.5) is 0 Å². The summed E-state index contributed by atoms with van der Waals surface area (Å²) in [7, 11) is 1.44. The van der Waals surface area contributed by atoms with E-state index in [0.717, 1.165) is 56.7 Å². The molecule has 3 rings (SSSR count). The Labute approximate surface area is 123 Å². The number of fused-ring (bicyclic) bond motifs is 1. The molecule has 1 N–H and O–H groups in total. The van der Waals surface area contributed by atoms with Gasteiger partial charge in [0.2, 0.25) is 0 Å². The number of esters is 1. The van der Waals surface area contributed by atoms with Gasteiger partial charge in [-0.1, -0.05) is 11.6 Å². The first kappa shape index (κ1) is 13.9. The molecule has 1 aromatic heterocycles. The molecule has 3 heterocycles. The Balaban J connectivity index is 2.01. The van der Waals surface area contributed by atoms with Crippen molar-refractivity contribution < 1.29 is 9.53 Å². The van der Waals surface area contributed by atoms with Gasteiger partial charge in [-0.2, -0.15) is 0 Å². The molecule has 6 heteroatoms. The zero-order valence-electron chi connectivity index (χ0n) is 11.7. The Morgan fingerprint density at radius 1 is 1.40 bits per heavy atom. The topological polar surface area (TPSA) is 56.1 Å². The smallest absolute Gasteiger partial charge is 0.328 e. The minimum Gasteiger partial charge on any atom is -0.467 e. The minimum absolute atomic E-state index is 0.185. The van der Waals surface area contributed by atoms with E-state index in [-0.39, 0.29) is 12.0 Å². The monoisotopic (exact) mass is 297 g/mol. The predicted molar refractivity (Wildman–Crippen MR) is 76.1 cm³/mol. The van der Waals surface area contributed by atoms with Crippen molar-refractivity contribution in [2.75, 3.05) is 20.2 Å². The predicted octanol–water partition coefficient (Wildman–Crippen LogP) is 2.05. The number of rotatable bonds is 2. The van der Waals surface area contributed by atoms with Gasteiger partial charge in [0, 0.05) is 5.92 Å². The number of aromatic nitrogens is 2. The van der Waals surface area contributed by atoms with Crippen LogP contribution in [-0.2, 0) is 16.0 Å². The number of nitrogens with one attached hydrogen (secondary N) is 1. The van der Waals surface area contributed by atoms with Crippen LogP contribution in [0.5, 0.6) is 0 Å². The second-order valence-corrected chi connectivity index (χ2v) is 5.89. The first-order valence-electron chi connectivity index (χ1n) is 7.27. The molecule has 110 valence electrons. The molecule has 0 aliphatic carbocycles. The van der Waals surface area contributed by atoms with Crippen LogP contribution < -0.4 is 5.32 Å². The number of methoxy groups -OCH3 is 1. The van der Waals surface area contributed by atoms with E-state index in [1.165, 1.54) is 7.11 Å². The molecule has 2 aliphatic heterocycles. The highest BCUT2D eigenvalue weighted by Gasteiger charge is 2.34. The molecule has 0 saturated carbocycles. The van der Waals surface area contributed by atoms with Gasteiger partial charge < -0.3 is 14.6 Å². The first-order valence-corrected chi connectivity index (χ1v) is 7.65. The largest absolute Gasteiger partial charge is 0.467 e. The van der Waals surface area contributed by atoms with E-state index in [9.17, 15) is 4.79 Å². The summed E-state index contributed by atoms with van der Waals surface area (Å²) in [4.78, 5) is 16.6. The van der Waals surface area contributed by atoms with Gasteiger partial charge in [0.15, 0.2) is 5.15 Å².